The summed E-state index contributed by atoms with van der Waals surface area (Å²) in [7, 11) is 0. The molecule has 0 bridgehead atoms. The summed E-state index contributed by atoms with van der Waals surface area (Å²) in [6, 6.07) is 22.6. The maximum absolute atomic E-state index is 9.18. The summed E-state index contributed by atoms with van der Waals surface area (Å²) in [5.41, 5.74) is 2.86. The van der Waals surface area contributed by atoms with E-state index in [1.165, 1.54) is 36.8 Å². The summed E-state index contributed by atoms with van der Waals surface area (Å²) < 4.78 is 4.15. The highest BCUT2D eigenvalue weighted by molar-refractivity contribution is 5.36. The van der Waals surface area contributed by atoms with E-state index in [-0.39, 0.29) is 0 Å². The first-order valence-electron chi connectivity index (χ1n) is 10.2. The number of ether oxygens (including phenoxy) is 1. The van der Waals surface area contributed by atoms with Crippen LogP contribution in [0.25, 0.3) is 0 Å². The minimum absolute atomic E-state index is 0.431. The van der Waals surface area contributed by atoms with Gasteiger partial charge in [-0.25, -0.2) is 0 Å². The topological polar surface area (TPSA) is 29.5 Å². The van der Waals surface area contributed by atoms with Crippen LogP contribution in [-0.2, 0) is 22.6 Å². The largest absolute Gasteiger partial charge is 0.468 e. The van der Waals surface area contributed by atoms with Gasteiger partial charge in [-0.1, -0.05) is 80.4 Å². The lowest BCUT2D eigenvalue weighted by Crippen LogP contribution is -2.36. The number of carbonyl (C=O) groups excluding carboxylic acids is 1. The summed E-state index contributed by atoms with van der Waals surface area (Å²) in [4.78, 5) is 11.9. The van der Waals surface area contributed by atoms with Crippen molar-refractivity contribution < 1.29 is 9.53 Å². The molecule has 1 fully saturated rings. The molecule has 2 aromatic rings. The Bertz CT molecular complexity index is 588. The van der Waals surface area contributed by atoms with Gasteiger partial charge in [-0.15, -0.1) is 0 Å². The van der Waals surface area contributed by atoms with Gasteiger partial charge in [0.25, 0.3) is 6.47 Å². The van der Waals surface area contributed by atoms with Crippen LogP contribution in [-0.4, -0.2) is 24.0 Å². The van der Waals surface area contributed by atoms with Gasteiger partial charge < -0.3 is 4.74 Å². The van der Waals surface area contributed by atoms with E-state index in [1.807, 2.05) is 0 Å². The van der Waals surface area contributed by atoms with E-state index in [9.17, 15) is 4.79 Å². The molecule has 3 heteroatoms. The molecule has 0 aliphatic heterocycles. The Morgan fingerprint density at radius 2 is 1.48 bits per heavy atom. The average Bonchev–Trinajstić information content (AvgIpc) is 3.19. The number of hydrogen-bond acceptors (Lipinski definition) is 3. The molecule has 0 spiro atoms. The van der Waals surface area contributed by atoms with Gasteiger partial charge in [0.1, 0.15) is 0 Å². The molecular formula is C24H33NO2. The number of carbonyl (C=O) groups is 1. The van der Waals surface area contributed by atoms with E-state index in [0.717, 1.165) is 25.0 Å². The number of rotatable bonds is 8. The van der Waals surface area contributed by atoms with Gasteiger partial charge in [0.2, 0.25) is 0 Å². The molecule has 0 amide bonds. The Hall–Kier alpha value is -2.13. The van der Waals surface area contributed by atoms with Crippen LogP contribution in [0.1, 0.15) is 50.7 Å². The molecule has 1 aliphatic rings. The minimum atomic E-state index is 0.431. The molecule has 2 aromatic carbocycles. The van der Waals surface area contributed by atoms with E-state index in [4.69, 9.17) is 0 Å². The van der Waals surface area contributed by atoms with Gasteiger partial charge in [-0.3, -0.25) is 9.69 Å². The molecule has 0 N–H and O–H groups in total. The fraction of sp³-hybridized carbons (Fsp3) is 0.458. The summed E-state index contributed by atoms with van der Waals surface area (Å²) in [6.07, 6.45) is 5.47. The first kappa shape index (κ1) is 21.2. The zero-order valence-corrected chi connectivity index (χ0v) is 16.7. The van der Waals surface area contributed by atoms with Gasteiger partial charge in [-0.05, 0) is 36.8 Å². The van der Waals surface area contributed by atoms with Crippen molar-refractivity contribution in [2.24, 2.45) is 5.92 Å². The normalized spacial score (nSPS) is 18.6. The fourth-order valence-corrected chi connectivity index (χ4v) is 3.97. The molecule has 27 heavy (non-hydrogen) atoms. The van der Waals surface area contributed by atoms with Crippen molar-refractivity contribution in [1.29, 1.82) is 0 Å². The molecule has 3 nitrogen and oxygen atoms in total. The third-order valence-electron chi connectivity index (χ3n) is 5.30. The quantitative estimate of drug-likeness (QED) is 0.581. The highest BCUT2D eigenvalue weighted by atomic mass is 16.5. The molecule has 3 rings (SSSR count). The lowest BCUT2D eigenvalue weighted by atomic mass is 9.98. The second-order valence-corrected chi connectivity index (χ2v) is 7.09. The van der Waals surface area contributed by atoms with Crippen LogP contribution in [0, 0.1) is 5.92 Å². The summed E-state index contributed by atoms with van der Waals surface area (Å²) >= 11 is 0. The fourth-order valence-electron chi connectivity index (χ4n) is 3.97. The van der Waals surface area contributed by atoms with Crippen molar-refractivity contribution in [2.75, 3.05) is 6.61 Å². The van der Waals surface area contributed by atoms with Gasteiger partial charge in [0.05, 0.1) is 6.61 Å². The third-order valence-corrected chi connectivity index (χ3v) is 5.30. The minimum Gasteiger partial charge on any atom is -0.468 e. The third kappa shape index (κ3) is 7.18. The van der Waals surface area contributed by atoms with Gasteiger partial charge in [-0.2, -0.15) is 0 Å². The SMILES string of the molecule is CCC1CCCC1N(Cc1ccccc1)Cc1ccccc1.CCOC=O. The predicted octanol–water partition coefficient (Wildman–Crippen LogP) is 5.45. The van der Waals surface area contributed by atoms with E-state index in [1.54, 1.807) is 6.92 Å². The lowest BCUT2D eigenvalue weighted by molar-refractivity contribution is -0.128. The lowest BCUT2D eigenvalue weighted by Gasteiger charge is -2.33. The Balaban J connectivity index is 0.000000465. The van der Waals surface area contributed by atoms with Crippen LogP contribution >= 0.6 is 0 Å². The van der Waals surface area contributed by atoms with Crippen LogP contribution < -0.4 is 0 Å². The van der Waals surface area contributed by atoms with Gasteiger partial charge >= 0.3 is 0 Å². The first-order valence-corrected chi connectivity index (χ1v) is 10.2. The molecule has 0 radical (unpaired) electrons. The van der Waals surface area contributed by atoms with Crippen molar-refractivity contribution in [3.63, 3.8) is 0 Å². The van der Waals surface area contributed by atoms with Crippen molar-refractivity contribution in [3.8, 4) is 0 Å². The van der Waals surface area contributed by atoms with Crippen molar-refractivity contribution in [2.45, 2.75) is 58.7 Å². The second-order valence-electron chi connectivity index (χ2n) is 7.09. The van der Waals surface area contributed by atoms with Crippen LogP contribution in [0.3, 0.4) is 0 Å². The zero-order valence-electron chi connectivity index (χ0n) is 16.7. The monoisotopic (exact) mass is 367 g/mol. The highest BCUT2D eigenvalue weighted by Crippen LogP contribution is 2.33. The van der Waals surface area contributed by atoms with E-state index in [0.29, 0.717) is 13.1 Å². The van der Waals surface area contributed by atoms with Crippen LogP contribution in [0.2, 0.25) is 0 Å². The zero-order chi connectivity index (χ0) is 19.3. The van der Waals surface area contributed by atoms with Crippen LogP contribution in [0.15, 0.2) is 60.7 Å². The number of nitrogens with zero attached hydrogens (tertiary/aromatic N) is 1. The molecule has 146 valence electrons. The molecule has 0 aromatic heterocycles. The molecule has 0 saturated heterocycles. The Morgan fingerprint density at radius 3 is 1.89 bits per heavy atom. The summed E-state index contributed by atoms with van der Waals surface area (Å²) in [5.74, 6) is 0.868. The van der Waals surface area contributed by atoms with Crippen LogP contribution in [0.5, 0.6) is 0 Å². The number of hydrogen-bond donors (Lipinski definition) is 0. The Labute approximate surface area is 164 Å². The van der Waals surface area contributed by atoms with Gasteiger partial charge in [0, 0.05) is 19.1 Å². The molecule has 2 unspecified atom stereocenters. The second kappa shape index (κ2) is 12.3. The Kier molecular flexibility index (Phi) is 9.64. The van der Waals surface area contributed by atoms with Crippen molar-refractivity contribution >= 4 is 6.47 Å². The van der Waals surface area contributed by atoms with E-state index in [2.05, 4.69) is 77.2 Å². The van der Waals surface area contributed by atoms with Crippen molar-refractivity contribution in [1.82, 2.24) is 4.90 Å². The molecule has 2 atom stereocenters. The standard InChI is InChI=1S/C21H27N.C3H6O2/c1-2-20-14-9-15-21(20)22(16-18-10-5-3-6-11-18)17-19-12-7-4-8-13-19;1-2-5-3-4/h3-8,10-13,20-21H,2,9,14-17H2,1H3;3H,2H2,1H3. The summed E-state index contributed by atoms with van der Waals surface area (Å²) in [5, 5.41) is 0. The molecule has 0 heterocycles. The van der Waals surface area contributed by atoms with E-state index < -0.39 is 0 Å². The van der Waals surface area contributed by atoms with Crippen molar-refractivity contribution in [3.05, 3.63) is 71.8 Å². The maximum Gasteiger partial charge on any atom is 0.293 e. The van der Waals surface area contributed by atoms with Gasteiger partial charge in [0.15, 0.2) is 0 Å². The Morgan fingerprint density at radius 1 is 0.926 bits per heavy atom. The first-order chi connectivity index (χ1) is 13.3. The highest BCUT2D eigenvalue weighted by Gasteiger charge is 2.30. The van der Waals surface area contributed by atoms with Crippen LogP contribution in [0.4, 0.5) is 0 Å². The number of benzene rings is 2. The maximum atomic E-state index is 9.18. The van der Waals surface area contributed by atoms with E-state index >= 15 is 0 Å². The molecule has 1 aliphatic carbocycles. The molecular weight excluding hydrogens is 334 g/mol. The molecule has 1 saturated carbocycles. The summed E-state index contributed by atoms with van der Waals surface area (Å²) in [6.45, 7) is 7.15. The average molecular weight is 368 g/mol. The predicted molar refractivity (Wildman–Crippen MR) is 111 cm³/mol. The smallest absolute Gasteiger partial charge is 0.293 e.